The molecule has 0 bridgehead atoms. The lowest BCUT2D eigenvalue weighted by molar-refractivity contribution is 1.53. The Hall–Kier alpha value is -1.38. The normalized spacial score (nSPS) is 9.77. The summed E-state index contributed by atoms with van der Waals surface area (Å²) in [5.74, 6) is 0. The van der Waals surface area contributed by atoms with Gasteiger partial charge in [0.2, 0.25) is 0 Å². The van der Waals surface area contributed by atoms with Gasteiger partial charge in [0.15, 0.2) is 0 Å². The Morgan fingerprint density at radius 3 is 2.38 bits per heavy atom. The molecule has 0 aliphatic rings. The van der Waals surface area contributed by atoms with Gasteiger partial charge in [0.05, 0.1) is 6.07 Å². The smallest absolute Gasteiger partial charge is 0.0912 e. The van der Waals surface area contributed by atoms with Crippen LogP contribution in [0, 0.1) is 11.3 Å². The zero-order chi connectivity index (χ0) is 8.65. The highest BCUT2D eigenvalue weighted by Crippen LogP contribution is 2.00. The fourth-order valence-corrected chi connectivity index (χ4v) is 0.829. The van der Waals surface area contributed by atoms with Crippen molar-refractivity contribution >= 4 is 16.0 Å². The van der Waals surface area contributed by atoms with E-state index in [-0.39, 0.29) is 9.90 Å². The Morgan fingerprint density at radius 2 is 1.77 bits per heavy atom. The van der Waals surface area contributed by atoms with Gasteiger partial charge in [-0.25, -0.2) is 0 Å². The standard InChI is InChI=1S/C11H9N.P/c12-10-6-2-5-9-11-7-3-1-4-8-11;/h1-9H;. The first kappa shape index (κ1) is 11.6. The van der Waals surface area contributed by atoms with Gasteiger partial charge in [0.25, 0.3) is 0 Å². The molecule has 13 heavy (non-hydrogen) atoms. The van der Waals surface area contributed by atoms with Crippen LogP contribution in [0.4, 0.5) is 0 Å². The molecule has 1 aromatic carbocycles. The van der Waals surface area contributed by atoms with Gasteiger partial charge in [-0.2, -0.15) is 5.26 Å². The lowest BCUT2D eigenvalue weighted by Crippen LogP contribution is -1.66. The molecule has 0 fully saturated rings. The molecule has 0 spiro atoms. The topological polar surface area (TPSA) is 23.8 Å². The van der Waals surface area contributed by atoms with Crippen molar-refractivity contribution < 1.29 is 0 Å². The summed E-state index contributed by atoms with van der Waals surface area (Å²) in [4.78, 5) is 0. The molecule has 63 valence electrons. The molecule has 3 radical (unpaired) electrons. The number of allylic oxidation sites excluding steroid dienone is 3. The Labute approximate surface area is 82.0 Å². The van der Waals surface area contributed by atoms with Crippen molar-refractivity contribution in [2.24, 2.45) is 0 Å². The summed E-state index contributed by atoms with van der Waals surface area (Å²) >= 11 is 0. The zero-order valence-corrected chi connectivity index (χ0v) is 7.99. The van der Waals surface area contributed by atoms with Gasteiger partial charge in [0, 0.05) is 16.0 Å². The summed E-state index contributed by atoms with van der Waals surface area (Å²) in [6, 6.07) is 11.9. The first-order valence-electron chi connectivity index (χ1n) is 3.71. The quantitative estimate of drug-likeness (QED) is 0.393. The summed E-state index contributed by atoms with van der Waals surface area (Å²) in [5.41, 5.74) is 1.14. The van der Waals surface area contributed by atoms with E-state index < -0.39 is 0 Å². The van der Waals surface area contributed by atoms with Crippen LogP contribution >= 0.6 is 9.90 Å². The number of hydrogen-bond donors (Lipinski definition) is 0. The molecule has 0 atom stereocenters. The Morgan fingerprint density at radius 1 is 1.08 bits per heavy atom. The van der Waals surface area contributed by atoms with Crippen molar-refractivity contribution in [3.05, 3.63) is 54.1 Å². The van der Waals surface area contributed by atoms with Crippen LogP contribution in [0.3, 0.4) is 0 Å². The van der Waals surface area contributed by atoms with Crippen LogP contribution in [0.1, 0.15) is 5.56 Å². The molecule has 0 aliphatic heterocycles. The average molecular weight is 186 g/mol. The van der Waals surface area contributed by atoms with Crippen LogP contribution < -0.4 is 0 Å². The van der Waals surface area contributed by atoms with E-state index in [1.165, 1.54) is 6.08 Å². The maximum Gasteiger partial charge on any atom is 0.0912 e. The largest absolute Gasteiger partial charge is 0.193 e. The van der Waals surface area contributed by atoms with Gasteiger partial charge in [-0.05, 0) is 5.56 Å². The lowest BCUT2D eigenvalue weighted by atomic mass is 10.2. The Kier molecular flexibility index (Phi) is 6.51. The molecule has 1 nitrogen and oxygen atoms in total. The third kappa shape index (κ3) is 4.95. The van der Waals surface area contributed by atoms with Crippen molar-refractivity contribution in [1.82, 2.24) is 0 Å². The second kappa shape index (κ2) is 7.28. The number of benzene rings is 1. The van der Waals surface area contributed by atoms with Crippen molar-refractivity contribution in [1.29, 1.82) is 5.26 Å². The van der Waals surface area contributed by atoms with Gasteiger partial charge in [0.1, 0.15) is 0 Å². The van der Waals surface area contributed by atoms with Crippen molar-refractivity contribution in [2.75, 3.05) is 0 Å². The number of nitrogens with zero attached hydrogens (tertiary/aromatic N) is 1. The lowest BCUT2D eigenvalue weighted by Gasteiger charge is -1.87. The van der Waals surface area contributed by atoms with E-state index in [0.717, 1.165) is 5.56 Å². The van der Waals surface area contributed by atoms with Gasteiger partial charge in [-0.3, -0.25) is 0 Å². The molecule has 0 aliphatic carbocycles. The maximum atomic E-state index is 8.19. The first-order chi connectivity index (χ1) is 5.93. The van der Waals surface area contributed by atoms with Crippen LogP contribution in [0.25, 0.3) is 6.08 Å². The van der Waals surface area contributed by atoms with Crippen LogP contribution in [0.2, 0.25) is 0 Å². The molecule has 0 N–H and O–H groups in total. The highest BCUT2D eigenvalue weighted by Gasteiger charge is 1.78. The first-order valence-corrected chi connectivity index (χ1v) is 3.71. The summed E-state index contributed by atoms with van der Waals surface area (Å²) < 4.78 is 0. The second-order valence-electron chi connectivity index (χ2n) is 2.26. The third-order valence-corrected chi connectivity index (χ3v) is 1.37. The Bertz CT molecular complexity index is 320. The van der Waals surface area contributed by atoms with Crippen LogP contribution in [0.5, 0.6) is 0 Å². The van der Waals surface area contributed by atoms with E-state index in [1.807, 2.05) is 48.6 Å². The zero-order valence-electron chi connectivity index (χ0n) is 7.09. The monoisotopic (exact) mass is 186 g/mol. The molecule has 2 heteroatoms. The molecule has 0 heterocycles. The van der Waals surface area contributed by atoms with Gasteiger partial charge in [-0.1, -0.05) is 48.6 Å². The molecule has 0 aromatic heterocycles. The molecule has 1 aromatic rings. The van der Waals surface area contributed by atoms with E-state index in [0.29, 0.717) is 0 Å². The molecular weight excluding hydrogens is 177 g/mol. The summed E-state index contributed by atoms with van der Waals surface area (Å²) in [5, 5.41) is 8.19. The second-order valence-corrected chi connectivity index (χ2v) is 2.26. The van der Waals surface area contributed by atoms with Gasteiger partial charge < -0.3 is 0 Å². The van der Waals surface area contributed by atoms with Crippen molar-refractivity contribution in [3.8, 4) is 6.07 Å². The minimum absolute atomic E-state index is 0. The molecule has 0 amide bonds. The van der Waals surface area contributed by atoms with Crippen LogP contribution in [-0.2, 0) is 0 Å². The fourth-order valence-electron chi connectivity index (χ4n) is 0.829. The highest BCUT2D eigenvalue weighted by atomic mass is 31.0. The maximum absolute atomic E-state index is 8.19. The van der Waals surface area contributed by atoms with Gasteiger partial charge in [-0.15, -0.1) is 0 Å². The number of nitriles is 1. The van der Waals surface area contributed by atoms with E-state index >= 15 is 0 Å². The molecule has 0 saturated carbocycles. The summed E-state index contributed by atoms with van der Waals surface area (Å²) in [6.45, 7) is 0. The number of hydrogen-bond acceptors (Lipinski definition) is 1. The minimum Gasteiger partial charge on any atom is -0.193 e. The molecular formula is C11H9NP. The molecule has 0 saturated heterocycles. The van der Waals surface area contributed by atoms with Crippen molar-refractivity contribution in [2.45, 2.75) is 0 Å². The van der Waals surface area contributed by atoms with E-state index in [1.54, 1.807) is 6.08 Å². The van der Waals surface area contributed by atoms with Crippen LogP contribution in [0.15, 0.2) is 48.6 Å². The number of rotatable bonds is 2. The van der Waals surface area contributed by atoms with E-state index in [4.69, 9.17) is 5.26 Å². The van der Waals surface area contributed by atoms with Gasteiger partial charge >= 0.3 is 0 Å². The highest BCUT2D eigenvalue weighted by molar-refractivity contribution is 6.92. The SMILES string of the molecule is N#CC=CC=Cc1ccccc1.[P]. The summed E-state index contributed by atoms with van der Waals surface area (Å²) in [6.07, 6.45) is 6.96. The van der Waals surface area contributed by atoms with Crippen molar-refractivity contribution in [3.63, 3.8) is 0 Å². The molecule has 1 rings (SSSR count). The fraction of sp³-hybridized carbons (Fsp3) is 0. The van der Waals surface area contributed by atoms with E-state index in [2.05, 4.69) is 0 Å². The molecule has 0 unspecified atom stereocenters. The minimum atomic E-state index is 0. The Balaban J connectivity index is 0.00000144. The predicted molar refractivity (Wildman–Crippen MR) is 57.1 cm³/mol. The third-order valence-electron chi connectivity index (χ3n) is 1.37. The summed E-state index contributed by atoms with van der Waals surface area (Å²) in [7, 11) is 0. The predicted octanol–water partition coefficient (Wildman–Crippen LogP) is 3.64. The average Bonchev–Trinajstić information content (AvgIpc) is 2.14. The van der Waals surface area contributed by atoms with E-state index in [9.17, 15) is 0 Å². The van der Waals surface area contributed by atoms with Crippen LogP contribution in [-0.4, -0.2) is 0 Å².